The number of carbonyl (C=O) groups is 1. The first-order valence-corrected chi connectivity index (χ1v) is 12.6. The van der Waals surface area contributed by atoms with E-state index in [4.69, 9.17) is 0 Å². The molecule has 0 bridgehead atoms. The minimum atomic E-state index is -2.88. The lowest BCUT2D eigenvalue weighted by molar-refractivity contribution is -0.0973. The van der Waals surface area contributed by atoms with Gasteiger partial charge in [0.25, 0.3) is 5.92 Å². The van der Waals surface area contributed by atoms with E-state index in [1.807, 2.05) is 13.1 Å². The maximum atomic E-state index is 15.0. The smallest absolute Gasteiger partial charge is 0.317 e. The van der Waals surface area contributed by atoms with Crippen LogP contribution < -0.4 is 5.32 Å². The molecule has 8 heteroatoms. The average molecular weight is 464 g/mol. The van der Waals surface area contributed by atoms with E-state index in [0.717, 1.165) is 50.3 Å². The van der Waals surface area contributed by atoms with E-state index in [0.29, 0.717) is 37.9 Å². The molecule has 3 aliphatic rings. The number of aromatic nitrogens is 1. The largest absolute Gasteiger partial charge is 0.328 e. The third kappa shape index (κ3) is 5.65. The number of nitrogens with zero attached hydrogens (tertiary/aromatic N) is 4. The molecule has 1 saturated carbocycles. The summed E-state index contributed by atoms with van der Waals surface area (Å²) in [6.07, 6.45) is 4.56. The zero-order chi connectivity index (χ0) is 23.6. The SMILES string of the molecule is Cc1ccc(C2CCN(C(=O)NC3C(N4CCN(C(C)C)CC4)CCCC3(F)F)CC2)nc1. The summed E-state index contributed by atoms with van der Waals surface area (Å²) in [5.74, 6) is -2.56. The zero-order valence-corrected chi connectivity index (χ0v) is 20.3. The van der Waals surface area contributed by atoms with Crippen molar-refractivity contribution in [3.63, 3.8) is 0 Å². The van der Waals surface area contributed by atoms with Gasteiger partial charge in [0.2, 0.25) is 0 Å². The summed E-state index contributed by atoms with van der Waals surface area (Å²) < 4.78 is 30.1. The van der Waals surface area contributed by atoms with Crippen LogP contribution in [0.2, 0.25) is 0 Å². The predicted molar refractivity (Wildman–Crippen MR) is 126 cm³/mol. The van der Waals surface area contributed by atoms with Crippen molar-refractivity contribution in [3.8, 4) is 0 Å². The van der Waals surface area contributed by atoms with Crippen LogP contribution in [0.1, 0.15) is 63.1 Å². The van der Waals surface area contributed by atoms with Gasteiger partial charge in [-0.05, 0) is 58.1 Å². The third-order valence-corrected chi connectivity index (χ3v) is 7.81. The fraction of sp³-hybridized carbons (Fsp3) is 0.760. The highest BCUT2D eigenvalue weighted by Crippen LogP contribution is 2.37. The summed E-state index contributed by atoms with van der Waals surface area (Å²) in [5.41, 5.74) is 2.18. The van der Waals surface area contributed by atoms with Crippen molar-refractivity contribution in [1.82, 2.24) is 25.0 Å². The number of pyridine rings is 1. The Labute approximate surface area is 196 Å². The molecule has 0 aromatic carbocycles. The molecule has 1 aromatic rings. The fourth-order valence-electron chi connectivity index (χ4n) is 5.65. The molecule has 0 radical (unpaired) electrons. The number of piperidine rings is 1. The van der Waals surface area contributed by atoms with E-state index in [9.17, 15) is 4.79 Å². The highest BCUT2D eigenvalue weighted by molar-refractivity contribution is 5.75. The van der Waals surface area contributed by atoms with Crippen LogP contribution >= 0.6 is 0 Å². The molecule has 2 saturated heterocycles. The summed E-state index contributed by atoms with van der Waals surface area (Å²) in [6.45, 7) is 10.8. The molecular weight excluding hydrogens is 424 g/mol. The number of carbonyl (C=O) groups excluding carboxylic acids is 1. The standard InChI is InChI=1S/C25H39F2N5O/c1-18(2)30-13-15-31(16-14-30)22-5-4-10-25(26,27)23(22)29-24(33)32-11-8-20(9-12-32)21-7-6-19(3)17-28-21/h6-7,17-18,20,22-23H,4-5,8-16H2,1-3H3,(H,29,33). The van der Waals surface area contributed by atoms with E-state index in [-0.39, 0.29) is 18.5 Å². The van der Waals surface area contributed by atoms with Crippen LogP contribution in [0.3, 0.4) is 0 Å². The molecule has 1 aliphatic carbocycles. The zero-order valence-electron chi connectivity index (χ0n) is 20.3. The van der Waals surface area contributed by atoms with Gasteiger partial charge in [-0.1, -0.05) is 6.07 Å². The van der Waals surface area contributed by atoms with Crippen LogP contribution in [0.4, 0.5) is 13.6 Å². The maximum absolute atomic E-state index is 15.0. The van der Waals surface area contributed by atoms with Crippen LogP contribution in [0.15, 0.2) is 18.3 Å². The van der Waals surface area contributed by atoms with Gasteiger partial charge in [-0.15, -0.1) is 0 Å². The molecule has 1 N–H and O–H groups in total. The Morgan fingerprint density at radius 3 is 2.39 bits per heavy atom. The number of hydrogen-bond acceptors (Lipinski definition) is 4. The van der Waals surface area contributed by atoms with Crippen molar-refractivity contribution in [2.24, 2.45) is 0 Å². The maximum Gasteiger partial charge on any atom is 0.317 e. The van der Waals surface area contributed by atoms with Crippen molar-refractivity contribution >= 4 is 6.03 Å². The second-order valence-electron chi connectivity index (χ2n) is 10.3. The van der Waals surface area contributed by atoms with Gasteiger partial charge in [0.1, 0.15) is 6.04 Å². The Hall–Kier alpha value is -1.80. The lowest BCUT2D eigenvalue weighted by atomic mass is 9.85. The quantitative estimate of drug-likeness (QED) is 0.737. The Balaban J connectivity index is 1.36. The summed E-state index contributed by atoms with van der Waals surface area (Å²) in [6, 6.07) is 2.81. The normalized spacial score (nSPS) is 27.6. The number of rotatable bonds is 4. The first-order valence-electron chi connectivity index (χ1n) is 12.6. The first kappa shape index (κ1) is 24.3. The number of nitrogens with one attached hydrogen (secondary N) is 1. The van der Waals surface area contributed by atoms with Gasteiger partial charge in [-0.25, -0.2) is 13.6 Å². The highest BCUT2D eigenvalue weighted by atomic mass is 19.3. The monoisotopic (exact) mass is 463 g/mol. The number of piperazine rings is 1. The number of amides is 2. The van der Waals surface area contributed by atoms with E-state index in [1.54, 1.807) is 4.90 Å². The molecule has 3 fully saturated rings. The van der Waals surface area contributed by atoms with Gasteiger partial charge in [0.15, 0.2) is 0 Å². The van der Waals surface area contributed by atoms with E-state index < -0.39 is 12.0 Å². The first-order chi connectivity index (χ1) is 15.7. The van der Waals surface area contributed by atoms with Crippen LogP contribution in [0.25, 0.3) is 0 Å². The second kappa shape index (κ2) is 10.2. The number of alkyl halides is 2. The van der Waals surface area contributed by atoms with Gasteiger partial charge < -0.3 is 10.2 Å². The Kier molecular flexibility index (Phi) is 7.53. The predicted octanol–water partition coefficient (Wildman–Crippen LogP) is 3.86. The van der Waals surface area contributed by atoms with E-state index in [2.05, 4.69) is 46.1 Å². The number of likely N-dealkylation sites (tertiary alicyclic amines) is 1. The number of aryl methyl sites for hydroxylation is 1. The van der Waals surface area contributed by atoms with E-state index in [1.165, 1.54) is 0 Å². The van der Waals surface area contributed by atoms with Gasteiger partial charge >= 0.3 is 6.03 Å². The third-order valence-electron chi connectivity index (χ3n) is 7.81. The fourth-order valence-corrected chi connectivity index (χ4v) is 5.65. The molecular formula is C25H39F2N5O. The molecule has 2 unspecified atom stereocenters. The lowest BCUT2D eigenvalue weighted by Gasteiger charge is -2.47. The van der Waals surface area contributed by atoms with Gasteiger partial charge in [-0.3, -0.25) is 14.8 Å². The van der Waals surface area contributed by atoms with Crippen LogP contribution in [0.5, 0.6) is 0 Å². The Morgan fingerprint density at radius 1 is 1.09 bits per heavy atom. The Bertz CT molecular complexity index is 786. The Morgan fingerprint density at radius 2 is 1.79 bits per heavy atom. The molecule has 2 amide bonds. The molecule has 2 aliphatic heterocycles. The van der Waals surface area contributed by atoms with Crippen molar-refractivity contribution < 1.29 is 13.6 Å². The van der Waals surface area contributed by atoms with Crippen molar-refractivity contribution in [1.29, 1.82) is 0 Å². The molecule has 184 valence electrons. The van der Waals surface area contributed by atoms with Gasteiger partial charge in [0, 0.05) is 75.6 Å². The highest BCUT2D eigenvalue weighted by Gasteiger charge is 2.50. The summed E-state index contributed by atoms with van der Waals surface area (Å²) in [4.78, 5) is 23.9. The van der Waals surface area contributed by atoms with Gasteiger partial charge in [0.05, 0.1) is 0 Å². The number of halogens is 2. The minimum Gasteiger partial charge on any atom is -0.328 e. The van der Waals surface area contributed by atoms with Crippen LogP contribution in [0, 0.1) is 6.92 Å². The summed E-state index contributed by atoms with van der Waals surface area (Å²) >= 11 is 0. The molecule has 4 rings (SSSR count). The average Bonchev–Trinajstić information content (AvgIpc) is 2.81. The second-order valence-corrected chi connectivity index (χ2v) is 10.3. The van der Waals surface area contributed by atoms with Crippen molar-refractivity contribution in [2.45, 2.75) is 82.8 Å². The minimum absolute atomic E-state index is 0.151. The summed E-state index contributed by atoms with van der Waals surface area (Å²) in [7, 11) is 0. The topological polar surface area (TPSA) is 51.7 Å². The van der Waals surface area contributed by atoms with E-state index >= 15 is 8.78 Å². The summed E-state index contributed by atoms with van der Waals surface area (Å²) in [5, 5.41) is 2.79. The molecule has 3 heterocycles. The van der Waals surface area contributed by atoms with Crippen molar-refractivity contribution in [2.75, 3.05) is 39.3 Å². The number of hydrogen-bond donors (Lipinski definition) is 1. The van der Waals surface area contributed by atoms with Crippen molar-refractivity contribution in [3.05, 3.63) is 29.6 Å². The lowest BCUT2D eigenvalue weighted by Crippen LogP contribution is -2.66. The van der Waals surface area contributed by atoms with Crippen LogP contribution in [-0.4, -0.2) is 89.0 Å². The van der Waals surface area contributed by atoms with Gasteiger partial charge in [-0.2, -0.15) is 0 Å². The molecule has 0 spiro atoms. The molecule has 33 heavy (non-hydrogen) atoms. The molecule has 6 nitrogen and oxygen atoms in total. The van der Waals surface area contributed by atoms with Crippen LogP contribution in [-0.2, 0) is 0 Å². The molecule has 2 atom stereocenters. The molecule has 1 aromatic heterocycles. The number of urea groups is 1.